The molecule has 1 atom stereocenters. The van der Waals surface area contributed by atoms with E-state index >= 15 is 0 Å². The average Bonchev–Trinajstić information content (AvgIpc) is 2.90. The smallest absolute Gasteiger partial charge is 0.119 e. The molecule has 1 heterocycles. The van der Waals surface area contributed by atoms with E-state index in [0.29, 0.717) is 5.92 Å². The van der Waals surface area contributed by atoms with Gasteiger partial charge in [0, 0.05) is 11.8 Å². The topological polar surface area (TPSA) is 35.0 Å². The van der Waals surface area contributed by atoms with E-state index in [0.717, 1.165) is 42.1 Å². The van der Waals surface area contributed by atoms with Crippen molar-refractivity contribution in [3.8, 4) is 17.0 Å². The lowest BCUT2D eigenvalue weighted by atomic mass is 9.88. The van der Waals surface area contributed by atoms with Crippen LogP contribution in [-0.2, 0) is 6.42 Å². The molecule has 1 aromatic carbocycles. The molecule has 0 radical (unpaired) electrons. The second-order valence-corrected chi connectivity index (χ2v) is 10.8. The molecule has 0 aliphatic heterocycles. The molecular formula is C33H48N2O. The molecule has 1 aromatic heterocycles. The van der Waals surface area contributed by atoms with Crippen LogP contribution in [0.2, 0.25) is 0 Å². The van der Waals surface area contributed by atoms with Crippen LogP contribution in [0, 0.1) is 5.92 Å². The first-order valence-electron chi connectivity index (χ1n) is 14.5. The molecule has 0 N–H and O–H groups in total. The predicted octanol–water partition coefficient (Wildman–Crippen LogP) is 9.68. The van der Waals surface area contributed by atoms with Gasteiger partial charge in [-0.3, -0.25) is 9.97 Å². The minimum absolute atomic E-state index is 0.622. The molecule has 1 aliphatic rings. The molecule has 0 spiro atoms. The van der Waals surface area contributed by atoms with Gasteiger partial charge < -0.3 is 4.74 Å². The fourth-order valence-corrected chi connectivity index (χ4v) is 4.88. The molecule has 0 amide bonds. The van der Waals surface area contributed by atoms with E-state index < -0.39 is 0 Å². The van der Waals surface area contributed by atoms with Crippen molar-refractivity contribution in [3.05, 3.63) is 65.7 Å². The maximum atomic E-state index is 6.12. The van der Waals surface area contributed by atoms with Crippen molar-refractivity contribution in [2.24, 2.45) is 5.92 Å². The predicted molar refractivity (Wildman–Crippen MR) is 153 cm³/mol. The summed E-state index contributed by atoms with van der Waals surface area (Å²) in [6, 6.07) is 8.32. The zero-order valence-electron chi connectivity index (χ0n) is 23.1. The quantitative estimate of drug-likeness (QED) is 0.174. The van der Waals surface area contributed by atoms with Gasteiger partial charge in [-0.25, -0.2) is 0 Å². The maximum Gasteiger partial charge on any atom is 0.119 e. The van der Waals surface area contributed by atoms with Crippen molar-refractivity contribution in [3.63, 3.8) is 0 Å². The van der Waals surface area contributed by atoms with Gasteiger partial charge in [0.2, 0.25) is 0 Å². The van der Waals surface area contributed by atoms with Crippen molar-refractivity contribution in [2.45, 2.75) is 111 Å². The van der Waals surface area contributed by atoms with Crippen LogP contribution in [0.25, 0.3) is 11.3 Å². The Morgan fingerprint density at radius 3 is 2.31 bits per heavy atom. The van der Waals surface area contributed by atoms with E-state index in [1.807, 2.05) is 12.4 Å². The van der Waals surface area contributed by atoms with Crippen molar-refractivity contribution in [2.75, 3.05) is 6.61 Å². The molecule has 36 heavy (non-hydrogen) atoms. The molecule has 3 heteroatoms. The number of hydrogen-bond acceptors (Lipinski definition) is 3. The average molecular weight is 489 g/mol. The highest BCUT2D eigenvalue weighted by molar-refractivity contribution is 5.58. The second kappa shape index (κ2) is 16.3. The molecule has 0 bridgehead atoms. The number of aryl methyl sites for hydroxylation is 1. The first-order chi connectivity index (χ1) is 17.6. The molecule has 0 saturated carbocycles. The highest BCUT2D eigenvalue weighted by Gasteiger charge is 2.15. The number of allylic oxidation sites excluding steroid dienone is 4. The molecular weight excluding hydrogens is 440 g/mol. The molecule has 3 nitrogen and oxygen atoms in total. The molecule has 1 aliphatic carbocycles. The Kier molecular flexibility index (Phi) is 12.8. The van der Waals surface area contributed by atoms with E-state index in [-0.39, 0.29) is 0 Å². The summed E-state index contributed by atoms with van der Waals surface area (Å²) >= 11 is 0. The lowest BCUT2D eigenvalue weighted by Gasteiger charge is -2.22. The molecule has 1 unspecified atom stereocenters. The second-order valence-electron chi connectivity index (χ2n) is 10.8. The summed E-state index contributed by atoms with van der Waals surface area (Å²) in [6.07, 6.45) is 26.4. The third-order valence-electron chi connectivity index (χ3n) is 7.26. The van der Waals surface area contributed by atoms with Gasteiger partial charge in [0.15, 0.2) is 0 Å². The summed E-state index contributed by atoms with van der Waals surface area (Å²) in [5, 5.41) is 0. The Morgan fingerprint density at radius 2 is 1.67 bits per heavy atom. The fraction of sp³-hybridized carbons (Fsp3) is 0.576. The van der Waals surface area contributed by atoms with Crippen LogP contribution in [0.4, 0.5) is 0 Å². The fourth-order valence-electron chi connectivity index (χ4n) is 4.88. The van der Waals surface area contributed by atoms with E-state index in [9.17, 15) is 0 Å². The van der Waals surface area contributed by atoms with Crippen molar-refractivity contribution >= 4 is 0 Å². The third kappa shape index (κ3) is 10.7. The van der Waals surface area contributed by atoms with Crippen LogP contribution < -0.4 is 4.74 Å². The Hall–Kier alpha value is -2.42. The summed E-state index contributed by atoms with van der Waals surface area (Å²) < 4.78 is 6.12. The monoisotopic (exact) mass is 488 g/mol. The normalized spacial score (nSPS) is 15.4. The van der Waals surface area contributed by atoms with Crippen LogP contribution in [0.15, 0.2) is 60.0 Å². The van der Waals surface area contributed by atoms with Gasteiger partial charge >= 0.3 is 0 Å². The van der Waals surface area contributed by atoms with Gasteiger partial charge in [-0.2, -0.15) is 0 Å². The van der Waals surface area contributed by atoms with Crippen LogP contribution in [0.1, 0.15) is 110 Å². The molecule has 2 aromatic rings. The highest BCUT2D eigenvalue weighted by atomic mass is 16.5. The van der Waals surface area contributed by atoms with Gasteiger partial charge in [-0.1, -0.05) is 75.2 Å². The van der Waals surface area contributed by atoms with E-state index in [2.05, 4.69) is 67.2 Å². The molecule has 0 fully saturated rings. The van der Waals surface area contributed by atoms with Gasteiger partial charge in [0.25, 0.3) is 0 Å². The molecule has 0 saturated heterocycles. The Bertz CT molecular complexity index is 923. The largest absolute Gasteiger partial charge is 0.493 e. The number of hydrogen-bond donors (Lipinski definition) is 0. The van der Waals surface area contributed by atoms with Gasteiger partial charge in [-0.05, 0) is 89.0 Å². The Balaban J connectivity index is 1.35. The third-order valence-corrected chi connectivity index (χ3v) is 7.26. The summed E-state index contributed by atoms with van der Waals surface area (Å²) in [4.78, 5) is 9.34. The Morgan fingerprint density at radius 1 is 0.917 bits per heavy atom. The van der Waals surface area contributed by atoms with Crippen molar-refractivity contribution in [1.82, 2.24) is 9.97 Å². The number of nitrogens with zero attached hydrogens (tertiary/aromatic N) is 2. The highest BCUT2D eigenvalue weighted by Crippen LogP contribution is 2.28. The number of rotatable bonds is 16. The van der Waals surface area contributed by atoms with Crippen molar-refractivity contribution in [1.29, 1.82) is 0 Å². The number of unbranched alkanes of at least 4 members (excludes halogenated alkanes) is 7. The van der Waals surface area contributed by atoms with E-state index in [1.54, 1.807) is 5.57 Å². The van der Waals surface area contributed by atoms with Gasteiger partial charge in [0.05, 0.1) is 24.2 Å². The Labute approximate surface area is 220 Å². The first kappa shape index (κ1) is 28.2. The summed E-state index contributed by atoms with van der Waals surface area (Å²) in [5.74, 6) is 1.56. The van der Waals surface area contributed by atoms with Gasteiger partial charge in [0.1, 0.15) is 5.75 Å². The van der Waals surface area contributed by atoms with Crippen LogP contribution in [0.5, 0.6) is 5.75 Å². The standard InChI is InChI=1S/C33H48N2O/c1-4-5-6-7-8-9-10-11-15-31-24-35-33(25-34-31)30-20-22-32(23-21-30)36-26-29-18-16-28(17-19-29)14-12-13-27(2)3/h13,16,20-25,29H,4-12,14-15,17-19,26H2,1-3H3. The van der Waals surface area contributed by atoms with E-state index in [4.69, 9.17) is 4.74 Å². The molecule has 3 rings (SSSR count). The van der Waals surface area contributed by atoms with Crippen molar-refractivity contribution < 1.29 is 4.74 Å². The summed E-state index contributed by atoms with van der Waals surface area (Å²) in [6.45, 7) is 7.43. The SMILES string of the molecule is CCCCCCCCCCc1cnc(-c2ccc(OCC3CC=C(CCC=C(C)C)CC3)cc2)cn1. The summed E-state index contributed by atoms with van der Waals surface area (Å²) in [5.41, 5.74) is 6.17. The zero-order valence-corrected chi connectivity index (χ0v) is 23.1. The lowest BCUT2D eigenvalue weighted by molar-refractivity contribution is 0.237. The molecule has 196 valence electrons. The van der Waals surface area contributed by atoms with Gasteiger partial charge in [-0.15, -0.1) is 0 Å². The van der Waals surface area contributed by atoms with Crippen LogP contribution in [-0.4, -0.2) is 16.6 Å². The lowest BCUT2D eigenvalue weighted by Crippen LogP contribution is -2.14. The zero-order chi connectivity index (χ0) is 25.4. The minimum Gasteiger partial charge on any atom is -0.493 e. The van der Waals surface area contributed by atoms with E-state index in [1.165, 1.54) is 82.6 Å². The number of aromatic nitrogens is 2. The summed E-state index contributed by atoms with van der Waals surface area (Å²) in [7, 11) is 0. The first-order valence-corrected chi connectivity index (χ1v) is 14.5. The maximum absolute atomic E-state index is 6.12. The minimum atomic E-state index is 0.622. The van der Waals surface area contributed by atoms with Crippen LogP contribution in [0.3, 0.4) is 0 Å². The number of ether oxygens (including phenoxy) is 1. The number of benzene rings is 1. The van der Waals surface area contributed by atoms with Crippen LogP contribution >= 0.6 is 0 Å².